The van der Waals surface area contributed by atoms with Crippen molar-refractivity contribution in [3.05, 3.63) is 34.9 Å². The number of carbonyl (C=O) groups excluding carboxylic acids is 2. The van der Waals surface area contributed by atoms with Crippen molar-refractivity contribution >= 4 is 23.5 Å². The number of amides is 3. The summed E-state index contributed by atoms with van der Waals surface area (Å²) in [6.07, 6.45) is 10.4. The van der Waals surface area contributed by atoms with Crippen LogP contribution in [-0.4, -0.2) is 61.2 Å². The molecule has 3 rings (SSSR count). The molecular formula is C29H47ClN4O3. The van der Waals surface area contributed by atoms with Gasteiger partial charge in [-0.05, 0) is 69.7 Å². The number of nitrogens with zero attached hydrogens (tertiary/aromatic N) is 1. The molecule has 1 saturated carbocycles. The topological polar surface area (TPSA) is 93.7 Å². The second kappa shape index (κ2) is 14.9. The summed E-state index contributed by atoms with van der Waals surface area (Å²) in [5, 5.41) is 22.0. The van der Waals surface area contributed by atoms with E-state index >= 15 is 0 Å². The van der Waals surface area contributed by atoms with Gasteiger partial charge in [0.15, 0.2) is 0 Å². The number of hydrogen-bond acceptors (Lipinski definition) is 4. The van der Waals surface area contributed by atoms with E-state index in [1.807, 2.05) is 37.1 Å². The molecule has 0 radical (unpaired) electrons. The number of aliphatic hydroxyl groups is 1. The van der Waals surface area contributed by atoms with Crippen molar-refractivity contribution in [1.82, 2.24) is 20.9 Å². The van der Waals surface area contributed by atoms with E-state index < -0.39 is 5.60 Å². The lowest BCUT2D eigenvalue weighted by atomic mass is 9.74. The van der Waals surface area contributed by atoms with E-state index in [4.69, 9.17) is 11.6 Å². The molecule has 1 aromatic carbocycles. The number of rotatable bonds is 12. The number of carbonyl (C=O) groups is 2. The second-order valence-electron chi connectivity index (χ2n) is 11.0. The van der Waals surface area contributed by atoms with Gasteiger partial charge in [-0.3, -0.25) is 4.79 Å². The summed E-state index contributed by atoms with van der Waals surface area (Å²) in [6.45, 7) is 4.41. The van der Waals surface area contributed by atoms with E-state index in [0.717, 1.165) is 31.4 Å². The molecular weight excluding hydrogens is 488 g/mol. The first kappa shape index (κ1) is 29.7. The van der Waals surface area contributed by atoms with Crippen LogP contribution in [0.5, 0.6) is 0 Å². The first-order chi connectivity index (χ1) is 17.9. The van der Waals surface area contributed by atoms with E-state index in [1.165, 1.54) is 32.1 Å². The molecule has 8 heteroatoms. The Morgan fingerprint density at radius 3 is 2.68 bits per heavy atom. The zero-order valence-corrected chi connectivity index (χ0v) is 23.5. The summed E-state index contributed by atoms with van der Waals surface area (Å²) in [5.74, 6) is 0.536. The van der Waals surface area contributed by atoms with Crippen LogP contribution in [0.4, 0.5) is 4.79 Å². The third kappa shape index (κ3) is 8.86. The predicted octanol–water partition coefficient (Wildman–Crippen LogP) is 4.81. The molecule has 3 amide bonds. The molecule has 1 unspecified atom stereocenters. The molecule has 2 aliphatic rings. The maximum absolute atomic E-state index is 13.4. The summed E-state index contributed by atoms with van der Waals surface area (Å²) in [4.78, 5) is 27.3. The van der Waals surface area contributed by atoms with E-state index in [9.17, 15) is 14.7 Å². The maximum atomic E-state index is 13.4. The quantitative estimate of drug-likeness (QED) is 0.309. The number of nitrogens with one attached hydrogen (secondary N) is 3. The molecule has 1 aromatic rings. The fourth-order valence-corrected chi connectivity index (χ4v) is 6.42. The van der Waals surface area contributed by atoms with E-state index in [1.54, 1.807) is 6.07 Å². The van der Waals surface area contributed by atoms with Gasteiger partial charge in [-0.1, -0.05) is 55.8 Å². The molecule has 208 valence electrons. The molecule has 1 aliphatic carbocycles. The minimum Gasteiger partial charge on any atom is -0.385 e. The SMILES string of the molecule is CCNC(=O)CCC[C@@](O)(c1cccc(Cl)c1)C1CCCN(C(=O)N[C@H](CNC)CC2CCCCC2)C1. The Morgan fingerprint density at radius 1 is 1.19 bits per heavy atom. The number of likely N-dealkylation sites (N-methyl/N-ethyl adjacent to an activating group) is 1. The highest BCUT2D eigenvalue weighted by molar-refractivity contribution is 6.30. The van der Waals surface area contributed by atoms with Gasteiger partial charge in [0.1, 0.15) is 0 Å². The van der Waals surface area contributed by atoms with Crippen LogP contribution in [0.1, 0.15) is 83.1 Å². The highest BCUT2D eigenvalue weighted by atomic mass is 35.5. The number of likely N-dealkylation sites (tertiary alicyclic amines) is 1. The van der Waals surface area contributed by atoms with Gasteiger partial charge in [0, 0.05) is 49.6 Å². The van der Waals surface area contributed by atoms with Crippen LogP contribution in [-0.2, 0) is 10.4 Å². The first-order valence-corrected chi connectivity index (χ1v) is 14.7. The van der Waals surface area contributed by atoms with Gasteiger partial charge in [0.05, 0.1) is 5.60 Å². The minimum absolute atomic E-state index is 0.00543. The van der Waals surface area contributed by atoms with Crippen LogP contribution in [0.2, 0.25) is 5.02 Å². The van der Waals surface area contributed by atoms with Gasteiger partial charge >= 0.3 is 6.03 Å². The predicted molar refractivity (Wildman–Crippen MR) is 150 cm³/mol. The van der Waals surface area contributed by atoms with Crippen LogP contribution < -0.4 is 16.0 Å². The maximum Gasteiger partial charge on any atom is 0.317 e. The molecule has 2 fully saturated rings. The Balaban J connectivity index is 1.69. The molecule has 7 nitrogen and oxygen atoms in total. The van der Waals surface area contributed by atoms with Gasteiger partial charge in [0.2, 0.25) is 5.91 Å². The van der Waals surface area contributed by atoms with Gasteiger partial charge in [-0.25, -0.2) is 4.79 Å². The van der Waals surface area contributed by atoms with Crippen molar-refractivity contribution < 1.29 is 14.7 Å². The van der Waals surface area contributed by atoms with Gasteiger partial charge in [-0.15, -0.1) is 0 Å². The van der Waals surface area contributed by atoms with Gasteiger partial charge < -0.3 is 26.0 Å². The standard InChI is InChI=1S/C29H47ClN4O3/c1-3-32-27(35)15-8-16-29(37,23-12-7-14-25(30)19-23)24-13-9-17-34(21-24)28(36)33-26(20-31-2)18-22-10-5-4-6-11-22/h7,12,14,19,22,24,26,31,37H,3-6,8-11,13,15-18,20-21H2,1-2H3,(H,32,35)(H,33,36)/t24?,26-,29+/m0/s1. The Bertz CT molecular complexity index is 863. The van der Waals surface area contributed by atoms with Crippen LogP contribution in [0.25, 0.3) is 0 Å². The van der Waals surface area contributed by atoms with E-state index in [0.29, 0.717) is 49.8 Å². The van der Waals surface area contributed by atoms with Gasteiger partial charge in [0.25, 0.3) is 0 Å². The summed E-state index contributed by atoms with van der Waals surface area (Å²) in [6, 6.07) is 7.44. The molecule has 1 saturated heterocycles. The highest BCUT2D eigenvalue weighted by Crippen LogP contribution is 2.40. The molecule has 0 bridgehead atoms. The lowest BCUT2D eigenvalue weighted by Gasteiger charge is -2.43. The van der Waals surface area contributed by atoms with Crippen molar-refractivity contribution in [3.8, 4) is 0 Å². The number of halogens is 1. The largest absolute Gasteiger partial charge is 0.385 e. The van der Waals surface area contributed by atoms with Gasteiger partial charge in [-0.2, -0.15) is 0 Å². The molecule has 1 aliphatic heterocycles. The molecule has 4 N–H and O–H groups in total. The molecule has 3 atom stereocenters. The average Bonchev–Trinajstić information content (AvgIpc) is 2.89. The van der Waals surface area contributed by atoms with Crippen molar-refractivity contribution in [1.29, 1.82) is 0 Å². The van der Waals surface area contributed by atoms with Crippen molar-refractivity contribution in [3.63, 3.8) is 0 Å². The minimum atomic E-state index is -1.16. The Morgan fingerprint density at radius 2 is 1.97 bits per heavy atom. The van der Waals surface area contributed by atoms with E-state index in [-0.39, 0.29) is 23.9 Å². The summed E-state index contributed by atoms with van der Waals surface area (Å²) < 4.78 is 0. The van der Waals surface area contributed by atoms with E-state index in [2.05, 4.69) is 16.0 Å². The molecule has 0 spiro atoms. The smallest absolute Gasteiger partial charge is 0.317 e. The van der Waals surface area contributed by atoms with Crippen LogP contribution >= 0.6 is 11.6 Å². The Labute approximate surface area is 228 Å². The zero-order chi connectivity index (χ0) is 26.7. The summed E-state index contributed by atoms with van der Waals surface area (Å²) in [5.41, 5.74) is -0.406. The fraction of sp³-hybridized carbons (Fsp3) is 0.724. The molecule has 0 aromatic heterocycles. The summed E-state index contributed by atoms with van der Waals surface area (Å²) in [7, 11) is 1.93. The number of benzene rings is 1. The Kier molecular flexibility index (Phi) is 12.0. The van der Waals surface area contributed by atoms with Crippen molar-refractivity contribution in [2.24, 2.45) is 11.8 Å². The normalized spacial score (nSPS) is 21.2. The number of piperidine rings is 1. The monoisotopic (exact) mass is 534 g/mol. The molecule has 1 heterocycles. The summed E-state index contributed by atoms with van der Waals surface area (Å²) >= 11 is 6.31. The van der Waals surface area contributed by atoms with Crippen LogP contribution in [0.15, 0.2) is 24.3 Å². The number of urea groups is 1. The van der Waals surface area contributed by atoms with Crippen LogP contribution in [0, 0.1) is 11.8 Å². The third-order valence-corrected chi connectivity index (χ3v) is 8.40. The highest BCUT2D eigenvalue weighted by Gasteiger charge is 2.41. The fourth-order valence-electron chi connectivity index (χ4n) is 6.23. The third-order valence-electron chi connectivity index (χ3n) is 8.16. The Hall–Kier alpha value is -1.83. The van der Waals surface area contributed by atoms with Crippen molar-refractivity contribution in [2.75, 3.05) is 33.2 Å². The van der Waals surface area contributed by atoms with Crippen LogP contribution in [0.3, 0.4) is 0 Å². The lowest BCUT2D eigenvalue weighted by molar-refractivity contribution is -0.121. The zero-order valence-electron chi connectivity index (χ0n) is 22.7. The first-order valence-electron chi connectivity index (χ1n) is 14.3. The molecule has 37 heavy (non-hydrogen) atoms. The lowest BCUT2D eigenvalue weighted by Crippen LogP contribution is -2.54. The van der Waals surface area contributed by atoms with Crippen molar-refractivity contribution in [2.45, 2.75) is 89.2 Å². The number of hydrogen-bond donors (Lipinski definition) is 4. The average molecular weight is 535 g/mol. The second-order valence-corrected chi connectivity index (χ2v) is 11.4.